The van der Waals surface area contributed by atoms with Crippen molar-refractivity contribution in [1.82, 2.24) is 9.80 Å². The number of nitrogens with zero attached hydrogens (tertiary/aromatic N) is 2. The first-order valence-corrected chi connectivity index (χ1v) is 10.4. The number of hydrogen-bond acceptors (Lipinski definition) is 2. The van der Waals surface area contributed by atoms with E-state index in [1.165, 1.54) is 24.0 Å². The number of thiocarbonyl (C=S) groups is 1. The molecule has 0 atom stereocenters. The van der Waals surface area contributed by atoms with Gasteiger partial charge in [0.2, 0.25) is 5.91 Å². The Bertz CT molecular complexity index is 645. The van der Waals surface area contributed by atoms with Crippen molar-refractivity contribution in [2.24, 2.45) is 5.92 Å². The number of anilines is 1. The van der Waals surface area contributed by atoms with E-state index < -0.39 is 0 Å². The van der Waals surface area contributed by atoms with Crippen LogP contribution in [0.3, 0.4) is 0 Å². The first kappa shape index (κ1) is 19.2. The molecule has 0 radical (unpaired) electrons. The van der Waals surface area contributed by atoms with Gasteiger partial charge in [0.15, 0.2) is 5.11 Å². The zero-order valence-electron chi connectivity index (χ0n) is 16.1. The summed E-state index contributed by atoms with van der Waals surface area (Å²) >= 11 is 5.63. The highest BCUT2D eigenvalue weighted by Gasteiger charge is 2.29. The molecule has 2 fully saturated rings. The Morgan fingerprint density at radius 3 is 2.31 bits per heavy atom. The van der Waals surface area contributed by atoms with Crippen LogP contribution in [0.15, 0.2) is 18.2 Å². The minimum absolute atomic E-state index is 0.174. The van der Waals surface area contributed by atoms with E-state index in [0.29, 0.717) is 5.91 Å². The zero-order chi connectivity index (χ0) is 18.5. The van der Waals surface area contributed by atoms with Gasteiger partial charge in [-0.1, -0.05) is 25.0 Å². The van der Waals surface area contributed by atoms with Gasteiger partial charge in [-0.2, -0.15) is 0 Å². The molecule has 0 unspecified atom stereocenters. The number of carbonyl (C=O) groups excluding carboxylic acids is 1. The van der Waals surface area contributed by atoms with Crippen LogP contribution in [0.1, 0.15) is 49.7 Å². The third-order valence-corrected chi connectivity index (χ3v) is 6.26. The van der Waals surface area contributed by atoms with Crippen molar-refractivity contribution in [2.75, 3.05) is 31.5 Å². The molecule has 1 N–H and O–H groups in total. The Morgan fingerprint density at radius 2 is 1.65 bits per heavy atom. The Morgan fingerprint density at radius 1 is 1.00 bits per heavy atom. The van der Waals surface area contributed by atoms with Gasteiger partial charge < -0.3 is 15.1 Å². The molecule has 1 aromatic carbocycles. The molecule has 0 bridgehead atoms. The molecule has 2 aliphatic rings. The molecule has 0 aliphatic carbocycles. The van der Waals surface area contributed by atoms with Crippen LogP contribution in [0.2, 0.25) is 0 Å². The van der Waals surface area contributed by atoms with Crippen LogP contribution in [-0.4, -0.2) is 47.0 Å². The van der Waals surface area contributed by atoms with Gasteiger partial charge in [0.1, 0.15) is 0 Å². The molecule has 3 rings (SSSR count). The maximum absolute atomic E-state index is 12.8. The fraction of sp³-hybridized carbons (Fsp3) is 0.619. The van der Waals surface area contributed by atoms with Gasteiger partial charge in [-0.3, -0.25) is 4.79 Å². The molecule has 1 amide bonds. The van der Waals surface area contributed by atoms with Crippen LogP contribution in [0.4, 0.5) is 5.69 Å². The second-order valence-electron chi connectivity index (χ2n) is 7.68. The molecule has 2 saturated heterocycles. The Balaban J connectivity index is 1.52. The SMILES string of the molecule is Cc1cccc(NC(=S)N2CCC(C(=O)N3CCCCCC3)CC2)c1C. The third kappa shape index (κ3) is 4.56. The molecule has 142 valence electrons. The zero-order valence-corrected chi connectivity index (χ0v) is 16.9. The van der Waals surface area contributed by atoms with E-state index in [1.54, 1.807) is 0 Å². The number of aryl methyl sites for hydroxylation is 1. The average molecular weight is 374 g/mol. The highest BCUT2D eigenvalue weighted by molar-refractivity contribution is 7.80. The normalized spacial score (nSPS) is 19.2. The predicted molar refractivity (Wildman–Crippen MR) is 111 cm³/mol. The number of carbonyl (C=O) groups is 1. The highest BCUT2D eigenvalue weighted by Crippen LogP contribution is 2.23. The lowest BCUT2D eigenvalue weighted by atomic mass is 9.95. The summed E-state index contributed by atoms with van der Waals surface area (Å²) in [6, 6.07) is 6.24. The van der Waals surface area contributed by atoms with Crippen molar-refractivity contribution in [1.29, 1.82) is 0 Å². The van der Waals surface area contributed by atoms with Gasteiger partial charge in [0.25, 0.3) is 0 Å². The molecule has 4 nitrogen and oxygen atoms in total. The molecule has 0 saturated carbocycles. The Labute approximate surface area is 162 Å². The van der Waals surface area contributed by atoms with Gasteiger partial charge >= 0.3 is 0 Å². The quantitative estimate of drug-likeness (QED) is 0.791. The molecule has 26 heavy (non-hydrogen) atoms. The van der Waals surface area contributed by atoms with E-state index in [4.69, 9.17) is 12.2 Å². The predicted octanol–water partition coefficient (Wildman–Crippen LogP) is 4.11. The molecule has 0 spiro atoms. The monoisotopic (exact) mass is 373 g/mol. The van der Waals surface area contributed by atoms with Gasteiger partial charge in [-0.05, 0) is 68.9 Å². The van der Waals surface area contributed by atoms with Crippen molar-refractivity contribution in [2.45, 2.75) is 52.4 Å². The van der Waals surface area contributed by atoms with Crippen LogP contribution >= 0.6 is 12.2 Å². The van der Waals surface area contributed by atoms with E-state index >= 15 is 0 Å². The second kappa shape index (κ2) is 8.85. The van der Waals surface area contributed by atoms with Gasteiger partial charge in [-0.15, -0.1) is 0 Å². The van der Waals surface area contributed by atoms with E-state index in [2.05, 4.69) is 47.2 Å². The largest absolute Gasteiger partial charge is 0.349 e. The fourth-order valence-electron chi connectivity index (χ4n) is 3.96. The lowest BCUT2D eigenvalue weighted by molar-refractivity contribution is -0.136. The standard InChI is InChI=1S/C21H31N3OS/c1-16-8-7-9-19(17(16)2)22-21(26)24-14-10-18(11-15-24)20(25)23-12-5-3-4-6-13-23/h7-9,18H,3-6,10-15H2,1-2H3,(H,22,26). The van der Waals surface area contributed by atoms with Crippen molar-refractivity contribution < 1.29 is 4.79 Å². The summed E-state index contributed by atoms with van der Waals surface area (Å²) in [5.41, 5.74) is 3.58. The summed E-state index contributed by atoms with van der Waals surface area (Å²) in [4.78, 5) is 17.1. The number of piperidine rings is 1. The number of amides is 1. The smallest absolute Gasteiger partial charge is 0.225 e. The van der Waals surface area contributed by atoms with Crippen molar-refractivity contribution in [3.63, 3.8) is 0 Å². The first-order valence-electron chi connectivity index (χ1n) is 9.97. The fourth-order valence-corrected chi connectivity index (χ4v) is 4.25. The first-order chi connectivity index (χ1) is 12.6. The molecular formula is C21H31N3OS. The van der Waals surface area contributed by atoms with Crippen molar-refractivity contribution in [3.8, 4) is 0 Å². The summed E-state index contributed by atoms with van der Waals surface area (Å²) in [7, 11) is 0. The number of rotatable bonds is 2. The lowest BCUT2D eigenvalue weighted by Gasteiger charge is -2.35. The number of hydrogen-bond donors (Lipinski definition) is 1. The summed E-state index contributed by atoms with van der Waals surface area (Å²) in [6.45, 7) is 7.86. The number of nitrogens with one attached hydrogen (secondary N) is 1. The summed E-state index contributed by atoms with van der Waals surface area (Å²) in [5.74, 6) is 0.549. The highest BCUT2D eigenvalue weighted by atomic mass is 32.1. The van der Waals surface area contributed by atoms with Crippen LogP contribution in [-0.2, 0) is 4.79 Å². The molecule has 2 aliphatic heterocycles. The molecule has 5 heteroatoms. The molecular weight excluding hydrogens is 342 g/mol. The second-order valence-corrected chi connectivity index (χ2v) is 8.07. The van der Waals surface area contributed by atoms with E-state index in [-0.39, 0.29) is 5.92 Å². The van der Waals surface area contributed by atoms with E-state index in [9.17, 15) is 4.79 Å². The Kier molecular flexibility index (Phi) is 6.52. The maximum atomic E-state index is 12.8. The maximum Gasteiger partial charge on any atom is 0.225 e. The Hall–Kier alpha value is -1.62. The minimum atomic E-state index is 0.174. The lowest BCUT2D eigenvalue weighted by Crippen LogP contribution is -2.45. The van der Waals surface area contributed by atoms with Crippen LogP contribution in [0.5, 0.6) is 0 Å². The van der Waals surface area contributed by atoms with Crippen LogP contribution in [0, 0.1) is 19.8 Å². The summed E-state index contributed by atoms with van der Waals surface area (Å²) in [5, 5.41) is 4.18. The van der Waals surface area contributed by atoms with Crippen molar-refractivity contribution in [3.05, 3.63) is 29.3 Å². The minimum Gasteiger partial charge on any atom is -0.349 e. The average Bonchev–Trinajstić information content (AvgIpc) is 2.94. The molecule has 0 aromatic heterocycles. The topological polar surface area (TPSA) is 35.6 Å². The number of benzene rings is 1. The molecule has 1 aromatic rings. The van der Waals surface area contributed by atoms with E-state index in [0.717, 1.165) is 62.7 Å². The van der Waals surface area contributed by atoms with Crippen LogP contribution in [0.25, 0.3) is 0 Å². The van der Waals surface area contributed by atoms with Gasteiger partial charge in [0, 0.05) is 37.8 Å². The summed E-state index contributed by atoms with van der Waals surface area (Å²) in [6.07, 6.45) is 6.66. The van der Waals surface area contributed by atoms with Crippen molar-refractivity contribution >= 4 is 28.9 Å². The summed E-state index contributed by atoms with van der Waals surface area (Å²) < 4.78 is 0. The molecule has 2 heterocycles. The van der Waals surface area contributed by atoms with Crippen LogP contribution < -0.4 is 5.32 Å². The number of likely N-dealkylation sites (tertiary alicyclic amines) is 2. The third-order valence-electron chi connectivity index (χ3n) is 5.90. The van der Waals surface area contributed by atoms with E-state index in [1.807, 2.05) is 0 Å². The van der Waals surface area contributed by atoms with Gasteiger partial charge in [0.05, 0.1) is 0 Å². The van der Waals surface area contributed by atoms with Gasteiger partial charge in [-0.25, -0.2) is 0 Å².